The van der Waals surface area contributed by atoms with E-state index in [2.05, 4.69) is 6.92 Å². The minimum absolute atomic E-state index is 0.0300. The fourth-order valence-corrected chi connectivity index (χ4v) is 3.48. The van der Waals surface area contributed by atoms with Gasteiger partial charge in [0.15, 0.2) is 0 Å². The Labute approximate surface area is 160 Å². The third kappa shape index (κ3) is 3.68. The Kier molecular flexibility index (Phi) is 3.30. The zero-order valence-corrected chi connectivity index (χ0v) is 15.0. The number of rotatable bonds is 6. The number of phenols is 1. The van der Waals surface area contributed by atoms with Crippen LogP contribution in [0, 0.1) is 6.92 Å². The summed E-state index contributed by atoms with van der Waals surface area (Å²) in [7, 11) is 0. The van der Waals surface area contributed by atoms with Gasteiger partial charge in [-0.1, -0.05) is 56.4 Å². The molecule has 1 N–H and O–H groups in total. The highest BCUT2D eigenvalue weighted by atomic mass is 16.5. The van der Waals surface area contributed by atoms with Crippen LogP contribution in [0.2, 0.25) is 0 Å². The Balaban J connectivity index is 2.14. The van der Waals surface area contributed by atoms with Crippen LogP contribution in [0.3, 0.4) is 0 Å². The number of phenolic OH excluding ortho intramolecular Hbond substituents is 1. The molecule has 0 spiro atoms. The topological polar surface area (TPSA) is 29.5 Å². The maximum Gasteiger partial charge on any atom is 0.132 e. The Morgan fingerprint density at radius 3 is 2.64 bits per heavy atom. The quantitative estimate of drug-likeness (QED) is 0.605. The molecule has 2 aromatic rings. The highest BCUT2D eigenvalue weighted by Crippen LogP contribution is 2.49. The molecule has 1 aliphatic heterocycles. The third-order valence-corrected chi connectivity index (χ3v) is 4.80. The number of aromatic hydroxyl groups is 1. The summed E-state index contributed by atoms with van der Waals surface area (Å²) in [5.41, 5.74) is -0.0986. The molecule has 0 atom stereocenters. The first-order valence-electron chi connectivity index (χ1n) is 12.1. The van der Waals surface area contributed by atoms with E-state index in [4.69, 9.17) is 13.0 Å². The first-order chi connectivity index (χ1) is 14.4. The molecule has 1 heterocycles. The van der Waals surface area contributed by atoms with Gasteiger partial charge >= 0.3 is 0 Å². The molecule has 0 fully saturated rings. The van der Waals surface area contributed by atoms with E-state index in [-0.39, 0.29) is 17.1 Å². The minimum atomic E-state index is -2.95. The van der Waals surface area contributed by atoms with Crippen LogP contribution in [0.4, 0.5) is 0 Å². The Hall–Kier alpha value is -1.96. The van der Waals surface area contributed by atoms with Gasteiger partial charge in [-0.3, -0.25) is 0 Å². The zero-order chi connectivity index (χ0) is 23.0. The standard InChI is InChI=1S/C23H30O2/c1-5-6-7-8-9-10-17-14-20(24)22-18-13-16(2)11-12-19(18)23(3,4)25-21(22)15-17/h11-15,24H,5-10H2,1-4H3/i3D3,4D3. The highest BCUT2D eigenvalue weighted by Gasteiger charge is 2.34. The van der Waals surface area contributed by atoms with Crippen molar-refractivity contribution in [2.45, 2.75) is 71.7 Å². The first kappa shape index (κ1) is 11.6. The predicted molar refractivity (Wildman–Crippen MR) is 104 cm³/mol. The van der Waals surface area contributed by atoms with Gasteiger partial charge in [0.25, 0.3) is 0 Å². The number of ether oxygens (including phenoxy) is 1. The lowest BCUT2D eigenvalue weighted by atomic mass is 9.84. The van der Waals surface area contributed by atoms with Crippen molar-refractivity contribution < 1.29 is 18.1 Å². The van der Waals surface area contributed by atoms with E-state index in [1.54, 1.807) is 24.3 Å². The second kappa shape index (κ2) is 7.11. The van der Waals surface area contributed by atoms with Crippen LogP contribution in [0.5, 0.6) is 11.5 Å². The lowest BCUT2D eigenvalue weighted by Gasteiger charge is -2.35. The van der Waals surface area contributed by atoms with Crippen LogP contribution < -0.4 is 4.74 Å². The molecular formula is C23H30O2. The molecule has 0 bridgehead atoms. The summed E-state index contributed by atoms with van der Waals surface area (Å²) in [6, 6.07) is 8.24. The van der Waals surface area contributed by atoms with Gasteiger partial charge in [0.1, 0.15) is 17.1 Å². The molecular weight excluding hydrogens is 308 g/mol. The summed E-state index contributed by atoms with van der Waals surface area (Å²) >= 11 is 0. The zero-order valence-electron chi connectivity index (χ0n) is 21.0. The van der Waals surface area contributed by atoms with E-state index in [0.29, 0.717) is 17.5 Å². The monoisotopic (exact) mass is 344 g/mol. The third-order valence-electron chi connectivity index (χ3n) is 4.80. The van der Waals surface area contributed by atoms with Gasteiger partial charge in [-0.2, -0.15) is 0 Å². The molecule has 2 nitrogen and oxygen atoms in total. The molecule has 1 aliphatic rings. The summed E-state index contributed by atoms with van der Waals surface area (Å²) < 4.78 is 54.6. The van der Waals surface area contributed by atoms with Gasteiger partial charge in [-0.05, 0) is 56.7 Å². The lowest BCUT2D eigenvalue weighted by molar-refractivity contribution is 0.105. The van der Waals surface area contributed by atoms with Crippen molar-refractivity contribution in [3.05, 3.63) is 47.0 Å². The van der Waals surface area contributed by atoms with Gasteiger partial charge in [0.2, 0.25) is 0 Å². The van der Waals surface area contributed by atoms with Gasteiger partial charge in [-0.15, -0.1) is 0 Å². The van der Waals surface area contributed by atoms with Crippen molar-refractivity contribution in [1.82, 2.24) is 0 Å². The number of aryl methyl sites for hydroxylation is 2. The van der Waals surface area contributed by atoms with Crippen molar-refractivity contribution in [2.24, 2.45) is 0 Å². The molecule has 2 heteroatoms. The second-order valence-corrected chi connectivity index (χ2v) is 6.98. The molecule has 0 saturated carbocycles. The first-order valence-corrected chi connectivity index (χ1v) is 9.09. The number of fused-ring (bicyclic) bond motifs is 3. The summed E-state index contributed by atoms with van der Waals surface area (Å²) in [4.78, 5) is 0. The van der Waals surface area contributed by atoms with Crippen molar-refractivity contribution >= 4 is 0 Å². The van der Waals surface area contributed by atoms with Crippen LogP contribution in [0.15, 0.2) is 30.3 Å². The molecule has 0 aliphatic carbocycles. The smallest absolute Gasteiger partial charge is 0.132 e. The normalized spacial score (nSPS) is 19.1. The molecule has 2 aromatic carbocycles. The number of hydrogen-bond acceptors (Lipinski definition) is 2. The van der Waals surface area contributed by atoms with Gasteiger partial charge < -0.3 is 9.84 Å². The number of unbranched alkanes of at least 4 members (excludes halogenated alkanes) is 4. The van der Waals surface area contributed by atoms with E-state index < -0.39 is 19.3 Å². The van der Waals surface area contributed by atoms with Crippen molar-refractivity contribution in [1.29, 1.82) is 0 Å². The van der Waals surface area contributed by atoms with Crippen molar-refractivity contribution in [3.63, 3.8) is 0 Å². The van der Waals surface area contributed by atoms with Crippen LogP contribution in [-0.2, 0) is 12.0 Å². The number of hydrogen-bond donors (Lipinski definition) is 1. The average Bonchev–Trinajstić information content (AvgIpc) is 2.64. The second-order valence-electron chi connectivity index (χ2n) is 6.98. The molecule has 0 saturated heterocycles. The summed E-state index contributed by atoms with van der Waals surface area (Å²) in [6.07, 6.45) is 6.15. The maximum atomic E-state index is 10.8. The maximum absolute atomic E-state index is 10.8. The van der Waals surface area contributed by atoms with E-state index in [1.807, 2.05) is 6.92 Å². The van der Waals surface area contributed by atoms with Gasteiger partial charge in [-0.25, -0.2) is 0 Å². The average molecular weight is 345 g/mol. The van der Waals surface area contributed by atoms with Gasteiger partial charge in [0, 0.05) is 13.8 Å². The molecule has 134 valence electrons. The van der Waals surface area contributed by atoms with E-state index >= 15 is 0 Å². The Bertz CT molecular complexity index is 932. The molecule has 25 heavy (non-hydrogen) atoms. The largest absolute Gasteiger partial charge is 0.507 e. The van der Waals surface area contributed by atoms with Crippen LogP contribution in [0.25, 0.3) is 11.1 Å². The predicted octanol–water partition coefficient (Wildman–Crippen LogP) is 6.51. The summed E-state index contributed by atoms with van der Waals surface area (Å²) in [6.45, 7) is -1.92. The summed E-state index contributed by atoms with van der Waals surface area (Å²) in [5.74, 6) is 0.0755. The highest BCUT2D eigenvalue weighted by molar-refractivity contribution is 5.82. The molecule has 0 radical (unpaired) electrons. The van der Waals surface area contributed by atoms with Gasteiger partial charge in [0.05, 0.1) is 5.56 Å². The van der Waals surface area contributed by atoms with Crippen molar-refractivity contribution in [3.8, 4) is 22.6 Å². The molecule has 0 unspecified atom stereocenters. The fraction of sp³-hybridized carbons (Fsp3) is 0.478. The molecule has 0 amide bonds. The van der Waals surface area contributed by atoms with E-state index in [0.717, 1.165) is 36.8 Å². The minimum Gasteiger partial charge on any atom is -0.507 e. The fourth-order valence-electron chi connectivity index (χ4n) is 3.48. The molecule has 0 aromatic heterocycles. The Morgan fingerprint density at radius 2 is 1.88 bits per heavy atom. The SMILES string of the molecule is [2H]C([2H])([2H])C1(C([2H])([2H])[2H])Oc2cc(CCCCCCC)cc(O)c2-c2cc(C)ccc21. The van der Waals surface area contributed by atoms with Crippen LogP contribution >= 0.6 is 0 Å². The van der Waals surface area contributed by atoms with Crippen LogP contribution in [-0.4, -0.2) is 5.11 Å². The van der Waals surface area contributed by atoms with E-state index in [1.165, 1.54) is 12.5 Å². The van der Waals surface area contributed by atoms with Crippen molar-refractivity contribution in [2.75, 3.05) is 0 Å². The lowest BCUT2D eigenvalue weighted by Crippen LogP contribution is -2.29. The molecule has 3 rings (SSSR count). The van der Waals surface area contributed by atoms with E-state index in [9.17, 15) is 5.11 Å². The summed E-state index contributed by atoms with van der Waals surface area (Å²) in [5, 5.41) is 10.8. The number of benzene rings is 2. The Morgan fingerprint density at radius 1 is 1.08 bits per heavy atom. The van der Waals surface area contributed by atoms with Crippen LogP contribution in [0.1, 0.15) is 77.6 Å².